The molecule has 2 aromatic rings. The van der Waals surface area contributed by atoms with E-state index in [9.17, 15) is 9.59 Å². The molecule has 0 spiro atoms. The first-order valence-electron chi connectivity index (χ1n) is 9.31. The van der Waals surface area contributed by atoms with Gasteiger partial charge in [-0.15, -0.1) is 17.9 Å². The second-order valence-electron chi connectivity index (χ2n) is 6.77. The number of thiophene rings is 1. The van der Waals surface area contributed by atoms with Crippen molar-refractivity contribution < 1.29 is 9.59 Å². The number of nitrogens with zero attached hydrogens (tertiary/aromatic N) is 2. The van der Waals surface area contributed by atoms with E-state index in [2.05, 4.69) is 11.9 Å². The van der Waals surface area contributed by atoms with Gasteiger partial charge in [0.15, 0.2) is 0 Å². The number of para-hydroxylation sites is 1. The Morgan fingerprint density at radius 2 is 1.93 bits per heavy atom. The molecule has 1 fully saturated rings. The number of hydrogen-bond donors (Lipinski definition) is 1. The van der Waals surface area contributed by atoms with E-state index in [1.165, 1.54) is 11.3 Å². The van der Waals surface area contributed by atoms with Crippen LogP contribution in [0.25, 0.3) is 0 Å². The number of urea groups is 1. The fraction of sp³-hybridized carbons (Fsp3) is 0.333. The first-order valence-corrected chi connectivity index (χ1v) is 10.5. The Morgan fingerprint density at radius 3 is 2.54 bits per heavy atom. The molecule has 0 aliphatic carbocycles. The van der Waals surface area contributed by atoms with Crippen molar-refractivity contribution in [1.82, 2.24) is 9.80 Å². The lowest BCUT2D eigenvalue weighted by Gasteiger charge is -2.34. The summed E-state index contributed by atoms with van der Waals surface area (Å²) in [4.78, 5) is 30.1. The third-order valence-corrected chi connectivity index (χ3v) is 6.01. The number of carbonyl (C=O) groups excluding carboxylic acids is 2. The maximum absolute atomic E-state index is 13.0. The van der Waals surface area contributed by atoms with Gasteiger partial charge >= 0.3 is 6.03 Å². The topological polar surface area (TPSA) is 52.7 Å². The molecular formula is C21H24ClN3O2S. The van der Waals surface area contributed by atoms with Gasteiger partial charge in [-0.3, -0.25) is 4.79 Å². The Bertz CT molecular complexity index is 816. The van der Waals surface area contributed by atoms with Crippen LogP contribution in [0, 0.1) is 5.92 Å². The van der Waals surface area contributed by atoms with Gasteiger partial charge in [-0.05, 0) is 37.1 Å². The Morgan fingerprint density at radius 1 is 1.21 bits per heavy atom. The lowest BCUT2D eigenvalue weighted by Crippen LogP contribution is -2.45. The van der Waals surface area contributed by atoms with Crippen molar-refractivity contribution >= 4 is 40.6 Å². The van der Waals surface area contributed by atoms with E-state index in [0.29, 0.717) is 39.0 Å². The molecule has 1 aliphatic heterocycles. The number of benzene rings is 1. The molecule has 0 radical (unpaired) electrons. The molecule has 0 bridgehead atoms. The predicted octanol–water partition coefficient (Wildman–Crippen LogP) is 4.86. The molecule has 2 heterocycles. The van der Waals surface area contributed by atoms with E-state index in [1.54, 1.807) is 11.0 Å². The number of amides is 3. The smallest absolute Gasteiger partial charge is 0.321 e. The van der Waals surface area contributed by atoms with Crippen molar-refractivity contribution in [2.45, 2.75) is 19.4 Å². The molecule has 1 aliphatic rings. The van der Waals surface area contributed by atoms with Crippen LogP contribution in [0.4, 0.5) is 10.5 Å². The minimum atomic E-state index is -0.117. The maximum atomic E-state index is 13.0. The summed E-state index contributed by atoms with van der Waals surface area (Å²) in [6.07, 6.45) is 3.08. The van der Waals surface area contributed by atoms with Crippen LogP contribution < -0.4 is 5.32 Å². The molecule has 0 saturated carbocycles. The summed E-state index contributed by atoms with van der Waals surface area (Å²) in [5.41, 5.74) is 0.775. The summed E-state index contributed by atoms with van der Waals surface area (Å²) in [5, 5.41) is 2.90. The zero-order chi connectivity index (χ0) is 19.9. The van der Waals surface area contributed by atoms with Gasteiger partial charge in [-0.25, -0.2) is 4.79 Å². The predicted molar refractivity (Wildman–Crippen MR) is 115 cm³/mol. The van der Waals surface area contributed by atoms with Crippen molar-refractivity contribution in [1.29, 1.82) is 0 Å². The van der Waals surface area contributed by atoms with Crippen LogP contribution in [-0.2, 0) is 11.3 Å². The van der Waals surface area contributed by atoms with Crippen molar-refractivity contribution in [3.8, 4) is 0 Å². The second kappa shape index (κ2) is 9.75. The Kier molecular flexibility index (Phi) is 7.12. The van der Waals surface area contributed by atoms with E-state index in [-0.39, 0.29) is 17.9 Å². The van der Waals surface area contributed by atoms with Crippen LogP contribution in [0.1, 0.15) is 17.7 Å². The summed E-state index contributed by atoms with van der Waals surface area (Å²) in [5.74, 6) is 0.0451. The van der Waals surface area contributed by atoms with Gasteiger partial charge in [0.05, 0.1) is 10.9 Å². The van der Waals surface area contributed by atoms with Gasteiger partial charge in [0.2, 0.25) is 5.91 Å². The van der Waals surface area contributed by atoms with E-state index >= 15 is 0 Å². The molecule has 1 aromatic carbocycles. The fourth-order valence-electron chi connectivity index (χ4n) is 3.32. The van der Waals surface area contributed by atoms with E-state index in [4.69, 9.17) is 11.6 Å². The van der Waals surface area contributed by atoms with Crippen molar-refractivity contribution in [3.63, 3.8) is 0 Å². The van der Waals surface area contributed by atoms with Gasteiger partial charge in [-0.2, -0.15) is 0 Å². The highest BCUT2D eigenvalue weighted by Gasteiger charge is 2.30. The number of rotatable bonds is 6. The van der Waals surface area contributed by atoms with Crippen LogP contribution in [0.3, 0.4) is 0 Å². The number of likely N-dealkylation sites (tertiary alicyclic amines) is 1. The quantitative estimate of drug-likeness (QED) is 0.682. The number of hydrogen-bond acceptors (Lipinski definition) is 3. The molecule has 1 aromatic heterocycles. The van der Waals surface area contributed by atoms with Gasteiger partial charge in [0, 0.05) is 36.1 Å². The van der Waals surface area contributed by atoms with Gasteiger partial charge in [0.1, 0.15) is 0 Å². The summed E-state index contributed by atoms with van der Waals surface area (Å²) >= 11 is 7.49. The normalized spacial score (nSPS) is 14.5. The first kappa shape index (κ1) is 20.4. The highest BCUT2D eigenvalue weighted by molar-refractivity contribution is 7.16. The standard InChI is InChI=1S/C21H24ClN3O2S/c1-2-12-25(15-18-8-9-19(22)28-18)20(26)16-10-13-24(14-11-16)21(27)23-17-6-4-3-5-7-17/h2-9,16H,1,10-15H2,(H,23,27). The lowest BCUT2D eigenvalue weighted by atomic mass is 9.95. The van der Waals surface area contributed by atoms with E-state index in [1.807, 2.05) is 47.4 Å². The molecular weight excluding hydrogens is 394 g/mol. The minimum absolute atomic E-state index is 0.0730. The number of carbonyl (C=O) groups is 2. The number of anilines is 1. The van der Waals surface area contributed by atoms with Crippen molar-refractivity contribution in [2.75, 3.05) is 25.0 Å². The lowest BCUT2D eigenvalue weighted by molar-refractivity contribution is -0.136. The van der Waals surface area contributed by atoms with E-state index < -0.39 is 0 Å². The molecule has 0 unspecified atom stereocenters. The Labute approximate surface area is 174 Å². The molecule has 5 nitrogen and oxygen atoms in total. The zero-order valence-corrected chi connectivity index (χ0v) is 17.2. The molecule has 1 saturated heterocycles. The van der Waals surface area contributed by atoms with Gasteiger partial charge in [0.25, 0.3) is 0 Å². The molecule has 7 heteroatoms. The highest BCUT2D eigenvalue weighted by atomic mass is 35.5. The van der Waals surface area contributed by atoms with Crippen LogP contribution in [-0.4, -0.2) is 41.4 Å². The first-order chi connectivity index (χ1) is 13.6. The van der Waals surface area contributed by atoms with Crippen molar-refractivity contribution in [3.05, 3.63) is 64.3 Å². The highest BCUT2D eigenvalue weighted by Crippen LogP contribution is 2.25. The number of nitrogens with one attached hydrogen (secondary N) is 1. The van der Waals surface area contributed by atoms with Gasteiger partial charge < -0.3 is 15.1 Å². The summed E-state index contributed by atoms with van der Waals surface area (Å²) in [6.45, 7) is 5.96. The third-order valence-electron chi connectivity index (χ3n) is 4.79. The Balaban J connectivity index is 1.54. The SMILES string of the molecule is C=CCN(Cc1ccc(Cl)s1)C(=O)C1CCN(C(=O)Nc2ccccc2)CC1. The van der Waals surface area contributed by atoms with Crippen molar-refractivity contribution in [2.24, 2.45) is 5.92 Å². The van der Waals surface area contributed by atoms with Gasteiger partial charge in [-0.1, -0.05) is 35.9 Å². The average molecular weight is 418 g/mol. The van der Waals surface area contributed by atoms with Crippen LogP contribution in [0.15, 0.2) is 55.1 Å². The largest absolute Gasteiger partial charge is 0.334 e. The van der Waals surface area contributed by atoms with E-state index in [0.717, 1.165) is 14.9 Å². The molecule has 3 amide bonds. The average Bonchev–Trinajstić information content (AvgIpc) is 3.13. The molecule has 0 atom stereocenters. The summed E-state index contributed by atoms with van der Waals surface area (Å²) in [6, 6.07) is 13.1. The van der Waals surface area contributed by atoms with Crippen LogP contribution in [0.5, 0.6) is 0 Å². The maximum Gasteiger partial charge on any atom is 0.321 e. The number of piperidine rings is 1. The third kappa shape index (κ3) is 5.36. The molecule has 148 valence electrons. The van der Waals surface area contributed by atoms with Crippen LogP contribution >= 0.6 is 22.9 Å². The monoisotopic (exact) mass is 417 g/mol. The van der Waals surface area contributed by atoms with Crippen LogP contribution in [0.2, 0.25) is 4.34 Å². The Hall–Kier alpha value is -2.31. The molecule has 28 heavy (non-hydrogen) atoms. The minimum Gasteiger partial charge on any atom is -0.334 e. The second-order valence-corrected chi connectivity index (χ2v) is 8.57. The zero-order valence-electron chi connectivity index (χ0n) is 15.6. The molecule has 3 rings (SSSR count). The summed E-state index contributed by atoms with van der Waals surface area (Å²) < 4.78 is 0.721. The molecule has 1 N–H and O–H groups in total. The number of halogens is 1. The fourth-order valence-corrected chi connectivity index (χ4v) is 4.43. The summed E-state index contributed by atoms with van der Waals surface area (Å²) in [7, 11) is 0.